The van der Waals surface area contributed by atoms with E-state index in [1.54, 1.807) is 43.4 Å². The van der Waals surface area contributed by atoms with Gasteiger partial charge in [-0.15, -0.1) is 0 Å². The molecule has 8 heteroatoms. The first-order valence-electron chi connectivity index (χ1n) is 8.78. The Balaban J connectivity index is 1.75. The molecule has 0 unspecified atom stereocenters. The molecule has 27 heavy (non-hydrogen) atoms. The number of thioether (sulfide) groups is 1. The van der Waals surface area contributed by atoms with E-state index in [1.165, 1.54) is 0 Å². The predicted octanol–water partition coefficient (Wildman–Crippen LogP) is 2.75. The van der Waals surface area contributed by atoms with E-state index in [4.69, 9.17) is 9.47 Å². The lowest BCUT2D eigenvalue weighted by Crippen LogP contribution is -2.44. The third-order valence-electron chi connectivity index (χ3n) is 4.55. The third-order valence-corrected chi connectivity index (χ3v) is 5.45. The number of carbonyl (C=O) groups excluding carboxylic acids is 3. The second-order valence-electron chi connectivity index (χ2n) is 6.36. The van der Waals surface area contributed by atoms with E-state index in [2.05, 4.69) is 0 Å². The number of hydrogen-bond acceptors (Lipinski definition) is 6. The molecule has 0 aromatic heterocycles. The number of piperidine rings is 1. The van der Waals surface area contributed by atoms with Crippen LogP contribution in [0.15, 0.2) is 23.1 Å². The number of ether oxygens (including phenoxy) is 2. The molecule has 2 aliphatic heterocycles. The Morgan fingerprint density at radius 2 is 1.70 bits per heavy atom. The predicted molar refractivity (Wildman–Crippen MR) is 103 cm³/mol. The normalized spacial score (nSPS) is 19.0. The fourth-order valence-electron chi connectivity index (χ4n) is 3.08. The second kappa shape index (κ2) is 8.47. The van der Waals surface area contributed by atoms with Crippen LogP contribution >= 0.6 is 11.8 Å². The second-order valence-corrected chi connectivity index (χ2v) is 7.35. The standard InChI is InChI=1S/C19H22N2O5S/c1-25-14-8-13(9-15(11-14)26-2)10-16-18(23)21(19(24)27-16)12-17(22)20-6-4-3-5-7-20/h8-11H,3-7,12H2,1-2H3/b16-10+. The summed E-state index contributed by atoms with van der Waals surface area (Å²) in [5.74, 6) is 0.540. The summed E-state index contributed by atoms with van der Waals surface area (Å²) >= 11 is 0.838. The molecule has 2 aliphatic rings. The molecule has 0 atom stereocenters. The first kappa shape index (κ1) is 19.3. The maximum Gasteiger partial charge on any atom is 0.294 e. The molecule has 3 amide bonds. The summed E-state index contributed by atoms with van der Waals surface area (Å²) in [5, 5.41) is -0.425. The molecule has 2 fully saturated rings. The van der Waals surface area contributed by atoms with Gasteiger partial charge in [-0.1, -0.05) is 0 Å². The smallest absolute Gasteiger partial charge is 0.294 e. The van der Waals surface area contributed by atoms with Crippen molar-refractivity contribution in [2.75, 3.05) is 33.9 Å². The van der Waals surface area contributed by atoms with Crippen molar-refractivity contribution in [3.05, 3.63) is 28.7 Å². The molecule has 144 valence electrons. The molecular weight excluding hydrogens is 368 g/mol. The fraction of sp³-hybridized carbons (Fsp3) is 0.421. The number of benzene rings is 1. The molecule has 0 saturated carbocycles. The van der Waals surface area contributed by atoms with Crippen molar-refractivity contribution < 1.29 is 23.9 Å². The van der Waals surface area contributed by atoms with E-state index >= 15 is 0 Å². The van der Waals surface area contributed by atoms with Crippen LogP contribution in [-0.2, 0) is 9.59 Å². The average molecular weight is 390 g/mol. The van der Waals surface area contributed by atoms with E-state index in [-0.39, 0.29) is 17.4 Å². The van der Waals surface area contributed by atoms with E-state index in [0.29, 0.717) is 30.2 Å². The zero-order valence-electron chi connectivity index (χ0n) is 15.4. The molecule has 2 heterocycles. The van der Waals surface area contributed by atoms with Crippen LogP contribution in [0, 0.1) is 0 Å². The average Bonchev–Trinajstić information content (AvgIpc) is 2.95. The zero-order valence-corrected chi connectivity index (χ0v) is 16.2. The minimum Gasteiger partial charge on any atom is -0.497 e. The van der Waals surface area contributed by atoms with Gasteiger partial charge in [-0.05, 0) is 54.8 Å². The first-order valence-corrected chi connectivity index (χ1v) is 9.59. The van der Waals surface area contributed by atoms with Crippen LogP contribution in [0.2, 0.25) is 0 Å². The van der Waals surface area contributed by atoms with Crippen LogP contribution in [0.5, 0.6) is 11.5 Å². The van der Waals surface area contributed by atoms with Gasteiger partial charge in [0.05, 0.1) is 19.1 Å². The van der Waals surface area contributed by atoms with Crippen LogP contribution in [-0.4, -0.2) is 60.7 Å². The summed E-state index contributed by atoms with van der Waals surface area (Å²) in [7, 11) is 3.08. The van der Waals surface area contributed by atoms with Crippen LogP contribution in [0.25, 0.3) is 6.08 Å². The molecule has 0 spiro atoms. The first-order chi connectivity index (χ1) is 13.0. The lowest BCUT2D eigenvalue weighted by atomic mass is 10.1. The minimum absolute atomic E-state index is 0.179. The number of imide groups is 1. The largest absolute Gasteiger partial charge is 0.497 e. The Hall–Kier alpha value is -2.48. The third kappa shape index (κ3) is 4.44. The van der Waals surface area contributed by atoms with Gasteiger partial charge >= 0.3 is 0 Å². The number of methoxy groups -OCH3 is 2. The molecule has 7 nitrogen and oxygen atoms in total. The van der Waals surface area contributed by atoms with Gasteiger partial charge in [-0.25, -0.2) is 0 Å². The summed E-state index contributed by atoms with van der Waals surface area (Å²) in [5.41, 5.74) is 0.680. The number of amides is 3. The van der Waals surface area contributed by atoms with E-state index in [0.717, 1.165) is 35.9 Å². The SMILES string of the molecule is COc1cc(/C=C2/SC(=O)N(CC(=O)N3CCCCC3)C2=O)cc(OC)c1. The van der Waals surface area contributed by atoms with Crippen molar-refractivity contribution in [1.82, 2.24) is 9.80 Å². The Bertz CT molecular complexity index is 764. The number of hydrogen-bond donors (Lipinski definition) is 0. The molecular formula is C19H22N2O5S. The van der Waals surface area contributed by atoms with Gasteiger partial charge in [0.25, 0.3) is 11.1 Å². The molecule has 1 aromatic carbocycles. The fourth-order valence-corrected chi connectivity index (χ4v) is 3.92. The summed E-state index contributed by atoms with van der Waals surface area (Å²) in [6, 6.07) is 5.21. The van der Waals surface area contributed by atoms with E-state index < -0.39 is 11.1 Å². The van der Waals surface area contributed by atoms with E-state index in [9.17, 15) is 14.4 Å². The van der Waals surface area contributed by atoms with Crippen LogP contribution in [0.3, 0.4) is 0 Å². The lowest BCUT2D eigenvalue weighted by molar-refractivity contribution is -0.136. The molecule has 0 radical (unpaired) electrons. The van der Waals surface area contributed by atoms with Crippen molar-refractivity contribution in [1.29, 1.82) is 0 Å². The number of carbonyl (C=O) groups is 3. The monoisotopic (exact) mass is 390 g/mol. The van der Waals surface area contributed by atoms with E-state index in [1.807, 2.05) is 0 Å². The minimum atomic E-state index is -0.447. The number of likely N-dealkylation sites (tertiary alicyclic amines) is 1. The molecule has 1 aromatic rings. The summed E-state index contributed by atoms with van der Waals surface area (Å²) in [6.45, 7) is 1.17. The van der Waals surface area contributed by atoms with Crippen LogP contribution < -0.4 is 9.47 Å². The highest BCUT2D eigenvalue weighted by Gasteiger charge is 2.37. The van der Waals surface area contributed by atoms with Crippen molar-refractivity contribution in [3.63, 3.8) is 0 Å². The zero-order chi connectivity index (χ0) is 19.4. The van der Waals surface area contributed by atoms with Crippen molar-refractivity contribution in [2.24, 2.45) is 0 Å². The van der Waals surface area contributed by atoms with Crippen LogP contribution in [0.4, 0.5) is 4.79 Å². The Kier molecular flexibility index (Phi) is 6.05. The summed E-state index contributed by atoms with van der Waals surface area (Å²) in [4.78, 5) is 40.3. The maximum absolute atomic E-state index is 12.6. The van der Waals surface area contributed by atoms with Crippen molar-refractivity contribution in [3.8, 4) is 11.5 Å². The van der Waals surface area contributed by atoms with Gasteiger partial charge in [-0.2, -0.15) is 0 Å². The Labute approximate surface area is 162 Å². The van der Waals surface area contributed by atoms with Gasteiger partial charge < -0.3 is 14.4 Å². The highest BCUT2D eigenvalue weighted by molar-refractivity contribution is 8.18. The molecule has 0 aliphatic carbocycles. The highest BCUT2D eigenvalue weighted by Crippen LogP contribution is 2.33. The lowest BCUT2D eigenvalue weighted by Gasteiger charge is -2.27. The quantitative estimate of drug-likeness (QED) is 0.720. The van der Waals surface area contributed by atoms with Crippen molar-refractivity contribution >= 4 is 34.9 Å². The number of rotatable bonds is 5. The molecule has 0 N–H and O–H groups in total. The van der Waals surface area contributed by atoms with Gasteiger partial charge in [0.1, 0.15) is 18.0 Å². The molecule has 2 saturated heterocycles. The highest BCUT2D eigenvalue weighted by atomic mass is 32.2. The van der Waals surface area contributed by atoms with Gasteiger partial charge in [0, 0.05) is 19.2 Å². The van der Waals surface area contributed by atoms with Gasteiger partial charge in [0.15, 0.2) is 0 Å². The van der Waals surface area contributed by atoms with Gasteiger partial charge in [-0.3, -0.25) is 19.3 Å². The Morgan fingerprint density at radius 3 is 2.30 bits per heavy atom. The number of nitrogens with zero attached hydrogens (tertiary/aromatic N) is 2. The van der Waals surface area contributed by atoms with Gasteiger partial charge in [0.2, 0.25) is 5.91 Å². The summed E-state index contributed by atoms with van der Waals surface area (Å²) < 4.78 is 10.4. The van der Waals surface area contributed by atoms with Crippen molar-refractivity contribution in [2.45, 2.75) is 19.3 Å². The topological polar surface area (TPSA) is 76.2 Å². The molecule has 3 rings (SSSR count). The van der Waals surface area contributed by atoms with Crippen LogP contribution in [0.1, 0.15) is 24.8 Å². The Morgan fingerprint density at radius 1 is 1.07 bits per heavy atom. The maximum atomic E-state index is 12.6. The molecule has 0 bridgehead atoms. The summed E-state index contributed by atoms with van der Waals surface area (Å²) in [6.07, 6.45) is 4.65.